The maximum absolute atomic E-state index is 3.91. The van der Waals surface area contributed by atoms with Crippen molar-refractivity contribution in [2.24, 2.45) is 5.10 Å². The smallest absolute Gasteiger partial charge is 0.0597 e. The summed E-state index contributed by atoms with van der Waals surface area (Å²) in [5.41, 5.74) is 5.38. The normalized spacial score (nSPS) is 20.8. The van der Waals surface area contributed by atoms with Crippen molar-refractivity contribution in [3.63, 3.8) is 0 Å². The zero-order valence-corrected chi connectivity index (χ0v) is 5.54. The zero-order valence-electron chi connectivity index (χ0n) is 5.54. The minimum atomic E-state index is 1.02. The third-order valence-corrected chi connectivity index (χ3v) is 1.62. The summed E-state index contributed by atoms with van der Waals surface area (Å²) in [4.78, 5) is 0. The van der Waals surface area contributed by atoms with Gasteiger partial charge in [-0.3, -0.25) is 5.43 Å². The van der Waals surface area contributed by atoms with Crippen LogP contribution in [0.5, 0.6) is 0 Å². The summed E-state index contributed by atoms with van der Waals surface area (Å²) >= 11 is 0. The second-order valence-electron chi connectivity index (χ2n) is 2.29. The van der Waals surface area contributed by atoms with Crippen LogP contribution in [0.4, 0.5) is 0 Å². The number of fused-ring (bicyclic) bond motifs is 1. The summed E-state index contributed by atoms with van der Waals surface area (Å²) in [6, 6.07) is 0. The highest BCUT2D eigenvalue weighted by molar-refractivity contribution is 5.75. The summed E-state index contributed by atoms with van der Waals surface area (Å²) in [5, 5.41) is 3.91. The fourth-order valence-corrected chi connectivity index (χ4v) is 1.08. The predicted octanol–water partition coefficient (Wildman–Crippen LogP) is 1.35. The number of hydrazone groups is 1. The van der Waals surface area contributed by atoms with Gasteiger partial charge in [0.05, 0.1) is 5.70 Å². The van der Waals surface area contributed by atoms with Crippen LogP contribution in [0, 0.1) is 0 Å². The Kier molecular flexibility index (Phi) is 1.17. The molecule has 0 saturated heterocycles. The van der Waals surface area contributed by atoms with E-state index in [1.54, 1.807) is 6.21 Å². The Hall–Kier alpha value is -1.31. The molecule has 50 valence electrons. The van der Waals surface area contributed by atoms with Crippen LogP contribution < -0.4 is 5.43 Å². The van der Waals surface area contributed by atoms with E-state index < -0.39 is 0 Å². The van der Waals surface area contributed by atoms with Gasteiger partial charge in [0.25, 0.3) is 0 Å². The Morgan fingerprint density at radius 1 is 1.40 bits per heavy atom. The molecule has 2 rings (SSSR count). The van der Waals surface area contributed by atoms with Crippen LogP contribution in [0.2, 0.25) is 0 Å². The Morgan fingerprint density at radius 2 is 2.40 bits per heavy atom. The molecule has 10 heavy (non-hydrogen) atoms. The highest BCUT2D eigenvalue weighted by Gasteiger charge is 2.06. The molecule has 0 saturated carbocycles. The van der Waals surface area contributed by atoms with Crippen molar-refractivity contribution in [1.29, 1.82) is 0 Å². The highest BCUT2D eigenvalue weighted by atomic mass is 15.3. The zero-order chi connectivity index (χ0) is 6.81. The number of allylic oxidation sites excluding steroid dienone is 5. The SMILES string of the molecule is C1=CCC2=CC=NNC2=C1. The molecule has 1 aliphatic carbocycles. The second kappa shape index (κ2) is 2.14. The van der Waals surface area contributed by atoms with Crippen molar-refractivity contribution in [1.82, 2.24) is 5.43 Å². The fourth-order valence-electron chi connectivity index (χ4n) is 1.08. The second-order valence-corrected chi connectivity index (χ2v) is 2.29. The lowest BCUT2D eigenvalue weighted by Gasteiger charge is -2.14. The third-order valence-electron chi connectivity index (χ3n) is 1.62. The first-order valence-electron chi connectivity index (χ1n) is 3.32. The summed E-state index contributed by atoms with van der Waals surface area (Å²) < 4.78 is 0. The molecule has 2 nitrogen and oxygen atoms in total. The van der Waals surface area contributed by atoms with Crippen molar-refractivity contribution >= 4 is 6.21 Å². The lowest BCUT2D eigenvalue weighted by Crippen LogP contribution is -2.12. The van der Waals surface area contributed by atoms with Gasteiger partial charge in [-0.15, -0.1) is 0 Å². The predicted molar refractivity (Wildman–Crippen MR) is 41.6 cm³/mol. The van der Waals surface area contributed by atoms with Crippen molar-refractivity contribution < 1.29 is 0 Å². The maximum Gasteiger partial charge on any atom is 0.0597 e. The van der Waals surface area contributed by atoms with E-state index in [-0.39, 0.29) is 0 Å². The minimum absolute atomic E-state index is 1.02. The Labute approximate surface area is 59.6 Å². The summed E-state index contributed by atoms with van der Waals surface area (Å²) in [6.45, 7) is 0. The van der Waals surface area contributed by atoms with Gasteiger partial charge in [0.1, 0.15) is 0 Å². The Morgan fingerprint density at radius 3 is 3.30 bits per heavy atom. The van der Waals surface area contributed by atoms with E-state index in [9.17, 15) is 0 Å². The molecule has 0 unspecified atom stereocenters. The standard InChI is InChI=1S/C8H8N2/c1-2-4-8-7(3-1)5-6-9-10-8/h1-2,4-6,10H,3H2. The van der Waals surface area contributed by atoms with Crippen molar-refractivity contribution in [3.8, 4) is 0 Å². The molecule has 1 heterocycles. The average Bonchev–Trinajstić information content (AvgIpc) is 2.05. The van der Waals surface area contributed by atoms with E-state index >= 15 is 0 Å². The van der Waals surface area contributed by atoms with Gasteiger partial charge in [-0.25, -0.2) is 0 Å². The number of nitrogens with zero attached hydrogens (tertiary/aromatic N) is 1. The van der Waals surface area contributed by atoms with Crippen LogP contribution >= 0.6 is 0 Å². The van der Waals surface area contributed by atoms with E-state index in [4.69, 9.17) is 0 Å². The molecule has 0 fully saturated rings. The fraction of sp³-hybridized carbons (Fsp3) is 0.125. The summed E-state index contributed by atoms with van der Waals surface area (Å²) in [6.07, 6.45) is 11.0. The molecule has 0 bridgehead atoms. The molecule has 0 atom stereocenters. The third kappa shape index (κ3) is 0.778. The molecule has 0 aromatic rings. The molecule has 0 radical (unpaired) electrons. The largest absolute Gasteiger partial charge is 0.278 e. The van der Waals surface area contributed by atoms with E-state index in [2.05, 4.69) is 16.6 Å². The average molecular weight is 132 g/mol. The van der Waals surface area contributed by atoms with Gasteiger partial charge in [0, 0.05) is 6.21 Å². The van der Waals surface area contributed by atoms with Crippen molar-refractivity contribution in [3.05, 3.63) is 35.6 Å². The maximum atomic E-state index is 3.91. The lowest BCUT2D eigenvalue weighted by atomic mass is 10.0. The van der Waals surface area contributed by atoms with Gasteiger partial charge < -0.3 is 0 Å². The molecule has 2 aliphatic rings. The molecule has 0 amide bonds. The van der Waals surface area contributed by atoms with Crippen LogP contribution in [-0.4, -0.2) is 6.21 Å². The van der Waals surface area contributed by atoms with Gasteiger partial charge in [-0.2, -0.15) is 5.10 Å². The van der Waals surface area contributed by atoms with E-state index in [0.717, 1.165) is 12.1 Å². The Bertz CT molecular complexity index is 228. The molecule has 1 N–H and O–H groups in total. The van der Waals surface area contributed by atoms with Gasteiger partial charge >= 0.3 is 0 Å². The first-order chi connectivity index (χ1) is 4.97. The first-order valence-corrected chi connectivity index (χ1v) is 3.32. The molecule has 2 heteroatoms. The van der Waals surface area contributed by atoms with Crippen LogP contribution in [0.3, 0.4) is 0 Å². The van der Waals surface area contributed by atoms with Gasteiger partial charge in [0.15, 0.2) is 0 Å². The summed E-state index contributed by atoms with van der Waals surface area (Å²) in [5.74, 6) is 0. The first kappa shape index (κ1) is 5.47. The molecular formula is C8H8N2. The molecule has 1 aliphatic heterocycles. The van der Waals surface area contributed by atoms with Crippen LogP contribution in [0.15, 0.2) is 40.7 Å². The molecule has 0 spiro atoms. The number of rotatable bonds is 0. The van der Waals surface area contributed by atoms with Crippen LogP contribution in [-0.2, 0) is 0 Å². The van der Waals surface area contributed by atoms with E-state index in [1.165, 1.54) is 5.57 Å². The number of hydrogen-bond acceptors (Lipinski definition) is 2. The molecular weight excluding hydrogens is 124 g/mol. The van der Waals surface area contributed by atoms with Crippen LogP contribution in [0.25, 0.3) is 0 Å². The monoisotopic (exact) mass is 132 g/mol. The Balaban J connectivity index is 2.38. The number of nitrogens with one attached hydrogen (secondary N) is 1. The lowest BCUT2D eigenvalue weighted by molar-refractivity contribution is 0.874. The minimum Gasteiger partial charge on any atom is -0.278 e. The van der Waals surface area contributed by atoms with Crippen molar-refractivity contribution in [2.75, 3.05) is 0 Å². The van der Waals surface area contributed by atoms with Gasteiger partial charge in [-0.1, -0.05) is 12.2 Å². The van der Waals surface area contributed by atoms with Crippen molar-refractivity contribution in [2.45, 2.75) is 6.42 Å². The van der Waals surface area contributed by atoms with E-state index in [1.807, 2.05) is 18.2 Å². The topological polar surface area (TPSA) is 24.4 Å². The molecule has 0 aromatic carbocycles. The van der Waals surface area contributed by atoms with Gasteiger partial charge in [-0.05, 0) is 24.1 Å². The highest BCUT2D eigenvalue weighted by Crippen LogP contribution is 2.17. The summed E-state index contributed by atoms with van der Waals surface area (Å²) in [7, 11) is 0. The number of hydrogen-bond donors (Lipinski definition) is 1. The van der Waals surface area contributed by atoms with Crippen LogP contribution in [0.1, 0.15) is 6.42 Å². The molecule has 0 aromatic heterocycles. The van der Waals surface area contributed by atoms with E-state index in [0.29, 0.717) is 0 Å². The van der Waals surface area contributed by atoms with Gasteiger partial charge in [0.2, 0.25) is 0 Å². The quantitative estimate of drug-likeness (QED) is 0.528.